The number of anilines is 1. The molecule has 0 radical (unpaired) electrons. The molecule has 5 heteroatoms. The van der Waals surface area contributed by atoms with Crippen LogP contribution in [-0.2, 0) is 0 Å². The van der Waals surface area contributed by atoms with Gasteiger partial charge in [-0.3, -0.25) is 10.4 Å². The molecule has 0 bridgehead atoms. The predicted octanol–water partition coefficient (Wildman–Crippen LogP) is 0.824. The van der Waals surface area contributed by atoms with Crippen molar-refractivity contribution in [3.63, 3.8) is 0 Å². The Hall–Kier alpha value is -2.01. The molecule has 0 saturated carbocycles. The summed E-state index contributed by atoms with van der Waals surface area (Å²) >= 11 is 0. The highest BCUT2D eigenvalue weighted by atomic mass is 15.3. The summed E-state index contributed by atoms with van der Waals surface area (Å²) in [5.41, 5.74) is 3.93. The zero-order valence-corrected chi connectivity index (χ0v) is 7.38. The van der Waals surface area contributed by atoms with E-state index in [9.17, 15) is 0 Å². The van der Waals surface area contributed by atoms with E-state index < -0.39 is 0 Å². The lowest BCUT2D eigenvalue weighted by Crippen LogP contribution is -2.10. The first-order chi connectivity index (χ1) is 6.90. The van der Waals surface area contributed by atoms with Crippen LogP contribution in [0.1, 0.15) is 0 Å². The van der Waals surface area contributed by atoms with Gasteiger partial charge in [0.05, 0.1) is 11.4 Å². The first-order valence-electron chi connectivity index (χ1n) is 4.11. The van der Waals surface area contributed by atoms with Crippen molar-refractivity contribution >= 4 is 5.95 Å². The van der Waals surface area contributed by atoms with E-state index in [4.69, 9.17) is 5.84 Å². The molecule has 2 aromatic rings. The lowest BCUT2D eigenvalue weighted by atomic mass is 10.3. The Bertz CT molecular complexity index is 415. The molecule has 0 saturated heterocycles. The normalized spacial score (nSPS) is 9.79. The zero-order chi connectivity index (χ0) is 9.80. The van der Waals surface area contributed by atoms with Gasteiger partial charge in [-0.2, -0.15) is 0 Å². The minimum Gasteiger partial charge on any atom is -0.292 e. The lowest BCUT2D eigenvalue weighted by Gasteiger charge is -2.01. The predicted molar refractivity (Wildman–Crippen MR) is 53.1 cm³/mol. The van der Waals surface area contributed by atoms with Crippen LogP contribution >= 0.6 is 0 Å². The van der Waals surface area contributed by atoms with E-state index in [-0.39, 0.29) is 0 Å². The Kier molecular flexibility index (Phi) is 2.33. The molecular weight excluding hydrogens is 178 g/mol. The van der Waals surface area contributed by atoms with Crippen LogP contribution in [-0.4, -0.2) is 15.0 Å². The largest absolute Gasteiger partial charge is 0.292 e. The molecule has 14 heavy (non-hydrogen) atoms. The average molecular weight is 187 g/mol. The van der Waals surface area contributed by atoms with E-state index in [0.717, 1.165) is 11.4 Å². The van der Waals surface area contributed by atoms with Gasteiger partial charge in [0.2, 0.25) is 5.95 Å². The van der Waals surface area contributed by atoms with Crippen LogP contribution in [0.3, 0.4) is 0 Å². The molecule has 0 aliphatic rings. The van der Waals surface area contributed by atoms with Gasteiger partial charge >= 0.3 is 0 Å². The molecule has 5 nitrogen and oxygen atoms in total. The van der Waals surface area contributed by atoms with Gasteiger partial charge in [-0.25, -0.2) is 15.8 Å². The van der Waals surface area contributed by atoms with E-state index in [1.54, 1.807) is 18.5 Å². The highest BCUT2D eigenvalue weighted by molar-refractivity contribution is 5.54. The van der Waals surface area contributed by atoms with Crippen LogP contribution in [0.25, 0.3) is 11.4 Å². The van der Waals surface area contributed by atoms with Crippen LogP contribution < -0.4 is 11.3 Å². The molecule has 0 aliphatic heterocycles. The molecule has 0 atom stereocenters. The van der Waals surface area contributed by atoms with Crippen molar-refractivity contribution in [3.05, 3.63) is 36.7 Å². The fourth-order valence-electron chi connectivity index (χ4n) is 1.09. The standard InChI is InChI=1S/C9H9N5/c10-14-9-12-6-4-8(13-9)7-3-1-2-5-11-7/h1-6H,10H2,(H,12,13,14). The Morgan fingerprint density at radius 3 is 2.64 bits per heavy atom. The van der Waals surface area contributed by atoms with Crippen LogP contribution in [0.15, 0.2) is 36.7 Å². The molecule has 2 aromatic heterocycles. The van der Waals surface area contributed by atoms with Gasteiger partial charge in [-0.1, -0.05) is 6.07 Å². The second-order valence-electron chi connectivity index (χ2n) is 2.62. The van der Waals surface area contributed by atoms with Crippen molar-refractivity contribution in [3.8, 4) is 11.4 Å². The lowest BCUT2D eigenvalue weighted by molar-refractivity contribution is 1.11. The number of rotatable bonds is 2. The Balaban J connectivity index is 2.42. The van der Waals surface area contributed by atoms with E-state index in [0.29, 0.717) is 5.95 Å². The monoisotopic (exact) mass is 187 g/mol. The molecule has 0 fully saturated rings. The number of nitrogens with zero attached hydrogens (tertiary/aromatic N) is 3. The molecule has 0 amide bonds. The van der Waals surface area contributed by atoms with Crippen LogP contribution in [0.5, 0.6) is 0 Å². The molecule has 0 aromatic carbocycles. The van der Waals surface area contributed by atoms with Crippen LogP contribution in [0, 0.1) is 0 Å². The van der Waals surface area contributed by atoms with Gasteiger partial charge in [0.25, 0.3) is 0 Å². The number of hydrogen-bond donors (Lipinski definition) is 2. The minimum absolute atomic E-state index is 0.383. The van der Waals surface area contributed by atoms with Crippen molar-refractivity contribution in [2.75, 3.05) is 5.43 Å². The molecule has 70 valence electrons. The summed E-state index contributed by atoms with van der Waals surface area (Å²) in [6.45, 7) is 0. The van der Waals surface area contributed by atoms with E-state index >= 15 is 0 Å². The number of nitrogen functional groups attached to an aromatic ring is 1. The first kappa shape index (κ1) is 8.58. The topological polar surface area (TPSA) is 76.7 Å². The highest BCUT2D eigenvalue weighted by Crippen LogP contribution is 2.13. The number of nitrogens with one attached hydrogen (secondary N) is 1. The third-order valence-electron chi connectivity index (χ3n) is 1.71. The third-order valence-corrected chi connectivity index (χ3v) is 1.71. The fraction of sp³-hybridized carbons (Fsp3) is 0. The van der Waals surface area contributed by atoms with Crippen molar-refractivity contribution < 1.29 is 0 Å². The van der Waals surface area contributed by atoms with Crippen molar-refractivity contribution in [2.24, 2.45) is 5.84 Å². The van der Waals surface area contributed by atoms with Crippen molar-refractivity contribution in [2.45, 2.75) is 0 Å². The third kappa shape index (κ3) is 1.67. The van der Waals surface area contributed by atoms with Gasteiger partial charge in [0.1, 0.15) is 0 Å². The number of pyridine rings is 1. The number of nitrogens with two attached hydrogens (primary N) is 1. The average Bonchev–Trinajstić information content (AvgIpc) is 2.30. The quantitative estimate of drug-likeness (QED) is 0.537. The summed E-state index contributed by atoms with van der Waals surface area (Å²) < 4.78 is 0. The maximum Gasteiger partial charge on any atom is 0.237 e. The van der Waals surface area contributed by atoms with Crippen LogP contribution in [0.4, 0.5) is 5.95 Å². The Morgan fingerprint density at radius 1 is 1.00 bits per heavy atom. The molecule has 2 heterocycles. The summed E-state index contributed by atoms with van der Waals surface area (Å²) in [5, 5.41) is 0. The van der Waals surface area contributed by atoms with E-state index in [2.05, 4.69) is 20.4 Å². The Morgan fingerprint density at radius 2 is 1.93 bits per heavy atom. The SMILES string of the molecule is NNc1nccc(-c2ccccn2)n1. The summed E-state index contributed by atoms with van der Waals surface area (Å²) in [7, 11) is 0. The van der Waals surface area contributed by atoms with Gasteiger partial charge in [0.15, 0.2) is 0 Å². The highest BCUT2D eigenvalue weighted by Gasteiger charge is 2.00. The number of hydrazine groups is 1. The summed E-state index contributed by atoms with van der Waals surface area (Å²) in [6, 6.07) is 7.42. The smallest absolute Gasteiger partial charge is 0.237 e. The molecule has 0 unspecified atom stereocenters. The number of aromatic nitrogens is 3. The molecule has 0 spiro atoms. The second kappa shape index (κ2) is 3.80. The maximum absolute atomic E-state index is 5.20. The minimum atomic E-state index is 0.383. The molecule has 3 N–H and O–H groups in total. The van der Waals surface area contributed by atoms with Crippen LogP contribution in [0.2, 0.25) is 0 Å². The van der Waals surface area contributed by atoms with Gasteiger partial charge in [-0.05, 0) is 18.2 Å². The molecule has 2 rings (SSSR count). The number of hydrogen-bond acceptors (Lipinski definition) is 5. The van der Waals surface area contributed by atoms with Crippen molar-refractivity contribution in [1.82, 2.24) is 15.0 Å². The fourth-order valence-corrected chi connectivity index (χ4v) is 1.09. The van der Waals surface area contributed by atoms with E-state index in [1.807, 2.05) is 18.2 Å². The summed E-state index contributed by atoms with van der Waals surface area (Å²) in [5.74, 6) is 5.58. The van der Waals surface area contributed by atoms with Crippen molar-refractivity contribution in [1.29, 1.82) is 0 Å². The summed E-state index contributed by atoms with van der Waals surface area (Å²) in [6.07, 6.45) is 3.35. The molecule has 0 aliphatic carbocycles. The second-order valence-corrected chi connectivity index (χ2v) is 2.62. The van der Waals surface area contributed by atoms with Gasteiger partial charge < -0.3 is 0 Å². The zero-order valence-electron chi connectivity index (χ0n) is 7.38. The summed E-state index contributed by atoms with van der Waals surface area (Å²) in [4.78, 5) is 12.2. The van der Waals surface area contributed by atoms with Gasteiger partial charge in [-0.15, -0.1) is 0 Å². The van der Waals surface area contributed by atoms with Gasteiger partial charge in [0, 0.05) is 12.4 Å². The molecular formula is C9H9N5. The van der Waals surface area contributed by atoms with E-state index in [1.165, 1.54) is 0 Å². The maximum atomic E-state index is 5.20. The first-order valence-corrected chi connectivity index (χ1v) is 4.11. The Labute approximate surface area is 81.0 Å².